The van der Waals surface area contributed by atoms with Crippen LogP contribution in [0.2, 0.25) is 0 Å². The molecular formula is C10H21NO3. The summed E-state index contributed by atoms with van der Waals surface area (Å²) in [6.45, 7) is 2.90. The fraction of sp³-hybridized carbons (Fsp3) is 0.900. The summed E-state index contributed by atoms with van der Waals surface area (Å²) in [6, 6.07) is 0. The lowest BCUT2D eigenvalue weighted by Gasteiger charge is -2.09. The first-order valence-electron chi connectivity index (χ1n) is 5.14. The van der Waals surface area contributed by atoms with E-state index in [1.54, 1.807) is 7.11 Å². The summed E-state index contributed by atoms with van der Waals surface area (Å²) in [7, 11) is 1.54. The Balaban J connectivity index is 3.30. The largest absolute Gasteiger partial charge is 0.391 e. The minimum Gasteiger partial charge on any atom is -0.391 e. The van der Waals surface area contributed by atoms with Gasteiger partial charge < -0.3 is 15.2 Å². The van der Waals surface area contributed by atoms with E-state index in [0.717, 1.165) is 12.8 Å². The second kappa shape index (κ2) is 8.97. The lowest BCUT2D eigenvalue weighted by atomic mass is 10.2. The molecule has 0 heterocycles. The quantitative estimate of drug-likeness (QED) is 0.610. The van der Waals surface area contributed by atoms with Crippen LogP contribution in [0, 0.1) is 0 Å². The molecule has 1 amide bonds. The highest BCUT2D eigenvalue weighted by Crippen LogP contribution is 1.94. The molecule has 0 rings (SSSR count). The second-order valence-electron chi connectivity index (χ2n) is 3.35. The first-order valence-corrected chi connectivity index (χ1v) is 5.14. The van der Waals surface area contributed by atoms with Crippen LogP contribution >= 0.6 is 0 Å². The maximum absolute atomic E-state index is 11.1. The van der Waals surface area contributed by atoms with Gasteiger partial charge in [0.25, 0.3) is 0 Å². The highest BCUT2D eigenvalue weighted by molar-refractivity contribution is 5.75. The van der Waals surface area contributed by atoms with Gasteiger partial charge in [-0.1, -0.05) is 13.3 Å². The number of aliphatic hydroxyl groups is 1. The Morgan fingerprint density at radius 3 is 2.86 bits per heavy atom. The molecule has 0 spiro atoms. The topological polar surface area (TPSA) is 58.6 Å². The van der Waals surface area contributed by atoms with Gasteiger partial charge in [-0.25, -0.2) is 0 Å². The van der Waals surface area contributed by atoms with Gasteiger partial charge in [-0.15, -0.1) is 0 Å². The summed E-state index contributed by atoms with van der Waals surface area (Å²) < 4.78 is 4.76. The van der Waals surface area contributed by atoms with E-state index in [-0.39, 0.29) is 5.91 Å². The number of amides is 1. The molecule has 0 saturated heterocycles. The highest BCUT2D eigenvalue weighted by atomic mass is 16.5. The summed E-state index contributed by atoms with van der Waals surface area (Å²) in [6.07, 6.45) is 2.60. The monoisotopic (exact) mass is 203 g/mol. The summed E-state index contributed by atoms with van der Waals surface area (Å²) in [4.78, 5) is 11.1. The zero-order valence-electron chi connectivity index (χ0n) is 9.08. The van der Waals surface area contributed by atoms with E-state index in [2.05, 4.69) is 12.2 Å². The van der Waals surface area contributed by atoms with Crippen molar-refractivity contribution in [3.05, 3.63) is 0 Å². The predicted molar refractivity (Wildman–Crippen MR) is 55.0 cm³/mol. The molecule has 0 aromatic carbocycles. The molecule has 14 heavy (non-hydrogen) atoms. The van der Waals surface area contributed by atoms with Gasteiger partial charge in [0.05, 0.1) is 12.7 Å². The van der Waals surface area contributed by atoms with Gasteiger partial charge >= 0.3 is 0 Å². The van der Waals surface area contributed by atoms with E-state index >= 15 is 0 Å². The first kappa shape index (κ1) is 13.4. The predicted octanol–water partition coefficient (Wildman–Crippen LogP) is 0.690. The zero-order valence-corrected chi connectivity index (χ0v) is 9.08. The van der Waals surface area contributed by atoms with Gasteiger partial charge in [-0.2, -0.15) is 0 Å². The van der Waals surface area contributed by atoms with Crippen molar-refractivity contribution in [1.82, 2.24) is 5.32 Å². The Kier molecular flexibility index (Phi) is 8.57. The number of carbonyl (C=O) groups excluding carboxylic acids is 1. The SMILES string of the molecule is CCCCC(=O)NCCC(O)COC. The Morgan fingerprint density at radius 2 is 2.29 bits per heavy atom. The molecule has 0 aliphatic heterocycles. The summed E-state index contributed by atoms with van der Waals surface area (Å²) in [5.74, 6) is 0.0662. The Morgan fingerprint density at radius 1 is 1.57 bits per heavy atom. The smallest absolute Gasteiger partial charge is 0.219 e. The molecule has 4 nitrogen and oxygen atoms in total. The number of hydrogen-bond donors (Lipinski definition) is 2. The fourth-order valence-electron chi connectivity index (χ4n) is 1.08. The molecule has 0 aromatic rings. The number of nitrogens with one attached hydrogen (secondary N) is 1. The summed E-state index contributed by atoms with van der Waals surface area (Å²) in [5, 5.41) is 12.0. The Hall–Kier alpha value is -0.610. The lowest BCUT2D eigenvalue weighted by Crippen LogP contribution is -2.28. The summed E-state index contributed by atoms with van der Waals surface area (Å²) >= 11 is 0. The Bertz CT molecular complexity index is 150. The van der Waals surface area contributed by atoms with Crippen molar-refractivity contribution in [3.63, 3.8) is 0 Å². The molecule has 0 radical (unpaired) electrons. The number of hydrogen-bond acceptors (Lipinski definition) is 3. The molecule has 0 aliphatic rings. The van der Waals surface area contributed by atoms with Crippen molar-refractivity contribution in [2.24, 2.45) is 0 Å². The molecule has 84 valence electrons. The normalized spacial score (nSPS) is 12.5. The number of aliphatic hydroxyl groups excluding tert-OH is 1. The maximum atomic E-state index is 11.1. The second-order valence-corrected chi connectivity index (χ2v) is 3.35. The van der Waals surface area contributed by atoms with Crippen LogP contribution in [-0.4, -0.2) is 37.4 Å². The van der Waals surface area contributed by atoms with Gasteiger partial charge in [-0.3, -0.25) is 4.79 Å². The van der Waals surface area contributed by atoms with Crippen LogP contribution in [-0.2, 0) is 9.53 Å². The lowest BCUT2D eigenvalue weighted by molar-refractivity contribution is -0.121. The van der Waals surface area contributed by atoms with Crippen LogP contribution in [0.25, 0.3) is 0 Å². The average Bonchev–Trinajstić information content (AvgIpc) is 2.15. The van der Waals surface area contributed by atoms with Gasteiger partial charge in [-0.05, 0) is 12.8 Å². The molecule has 0 aliphatic carbocycles. The third kappa shape index (κ3) is 8.01. The Labute approximate surface area is 85.6 Å². The van der Waals surface area contributed by atoms with Gasteiger partial charge in [0.2, 0.25) is 5.91 Å². The molecule has 0 saturated carbocycles. The minimum atomic E-state index is -0.480. The van der Waals surface area contributed by atoms with Crippen LogP contribution in [0.3, 0.4) is 0 Å². The number of unbranched alkanes of at least 4 members (excludes halogenated alkanes) is 1. The van der Waals surface area contributed by atoms with Crippen molar-refractivity contribution in [3.8, 4) is 0 Å². The van der Waals surface area contributed by atoms with Crippen molar-refractivity contribution >= 4 is 5.91 Å². The number of rotatable bonds is 8. The van der Waals surface area contributed by atoms with E-state index in [1.807, 2.05) is 0 Å². The third-order valence-corrected chi connectivity index (χ3v) is 1.92. The van der Waals surface area contributed by atoms with E-state index < -0.39 is 6.10 Å². The molecule has 4 heteroatoms. The molecule has 1 atom stereocenters. The van der Waals surface area contributed by atoms with Crippen LogP contribution in [0.1, 0.15) is 32.6 Å². The minimum absolute atomic E-state index is 0.0662. The summed E-state index contributed by atoms with van der Waals surface area (Å²) in [5.41, 5.74) is 0. The van der Waals surface area contributed by atoms with Crippen molar-refractivity contribution in [2.45, 2.75) is 38.7 Å². The van der Waals surface area contributed by atoms with E-state index in [9.17, 15) is 9.90 Å². The molecule has 0 aromatic heterocycles. The number of ether oxygens (including phenoxy) is 1. The zero-order chi connectivity index (χ0) is 10.8. The molecule has 1 unspecified atom stereocenters. The fourth-order valence-corrected chi connectivity index (χ4v) is 1.08. The number of carbonyl (C=O) groups is 1. The van der Waals surface area contributed by atoms with E-state index in [0.29, 0.717) is 26.0 Å². The first-order chi connectivity index (χ1) is 6.70. The van der Waals surface area contributed by atoms with Crippen molar-refractivity contribution in [2.75, 3.05) is 20.3 Å². The molecule has 0 fully saturated rings. The van der Waals surface area contributed by atoms with Crippen LogP contribution in [0.4, 0.5) is 0 Å². The molecule has 0 bridgehead atoms. The van der Waals surface area contributed by atoms with Gasteiger partial charge in [0.15, 0.2) is 0 Å². The van der Waals surface area contributed by atoms with Crippen molar-refractivity contribution < 1.29 is 14.6 Å². The molecule has 2 N–H and O–H groups in total. The highest BCUT2D eigenvalue weighted by Gasteiger charge is 2.04. The van der Waals surface area contributed by atoms with Gasteiger partial charge in [0.1, 0.15) is 0 Å². The molecular weight excluding hydrogens is 182 g/mol. The maximum Gasteiger partial charge on any atom is 0.219 e. The van der Waals surface area contributed by atoms with Crippen LogP contribution in [0.15, 0.2) is 0 Å². The number of methoxy groups -OCH3 is 1. The standard InChI is InChI=1S/C10H21NO3/c1-3-4-5-10(13)11-7-6-9(12)8-14-2/h9,12H,3-8H2,1-2H3,(H,11,13). The van der Waals surface area contributed by atoms with Gasteiger partial charge in [0, 0.05) is 20.1 Å². The van der Waals surface area contributed by atoms with E-state index in [1.165, 1.54) is 0 Å². The third-order valence-electron chi connectivity index (χ3n) is 1.92. The van der Waals surface area contributed by atoms with Crippen LogP contribution < -0.4 is 5.32 Å². The van der Waals surface area contributed by atoms with Crippen LogP contribution in [0.5, 0.6) is 0 Å². The average molecular weight is 203 g/mol. The van der Waals surface area contributed by atoms with E-state index in [4.69, 9.17) is 4.74 Å². The van der Waals surface area contributed by atoms with Crippen molar-refractivity contribution in [1.29, 1.82) is 0 Å².